The number of ether oxygens (including phenoxy) is 2. The van der Waals surface area contributed by atoms with Crippen molar-refractivity contribution >= 4 is 34.8 Å². The number of fused-ring (bicyclic) bond motifs is 2. The first-order valence-electron chi connectivity index (χ1n) is 15.5. The molecule has 7 rings (SSSR count). The second kappa shape index (κ2) is 12.8. The van der Waals surface area contributed by atoms with Gasteiger partial charge in [0.05, 0.1) is 32.9 Å². The van der Waals surface area contributed by atoms with Crippen LogP contribution < -0.4 is 19.3 Å². The van der Waals surface area contributed by atoms with Crippen molar-refractivity contribution in [1.82, 2.24) is 14.5 Å². The predicted octanol–water partition coefficient (Wildman–Crippen LogP) is 6.39. The fourth-order valence-corrected chi connectivity index (χ4v) is 6.73. The van der Waals surface area contributed by atoms with Crippen molar-refractivity contribution in [2.24, 2.45) is 0 Å². The summed E-state index contributed by atoms with van der Waals surface area (Å²) in [6.07, 6.45) is 3.58. The van der Waals surface area contributed by atoms with Gasteiger partial charge in [0.25, 0.3) is 11.8 Å². The zero-order valence-electron chi connectivity index (χ0n) is 26.2. The second-order valence-electron chi connectivity index (χ2n) is 11.6. The highest BCUT2D eigenvalue weighted by Crippen LogP contribution is 2.38. The molecule has 5 aromatic rings. The van der Waals surface area contributed by atoms with Gasteiger partial charge in [-0.1, -0.05) is 41.9 Å². The third-order valence-corrected chi connectivity index (χ3v) is 9.27. The van der Waals surface area contributed by atoms with Crippen LogP contribution in [0.3, 0.4) is 0 Å². The molecule has 0 bridgehead atoms. The molecule has 4 heterocycles. The number of aromatic nitrogens is 2. The van der Waals surface area contributed by atoms with E-state index in [1.165, 1.54) is 0 Å². The van der Waals surface area contributed by atoms with Gasteiger partial charge in [-0.25, -0.2) is 0 Å². The first-order chi connectivity index (χ1) is 22.9. The Hall–Kier alpha value is -5.28. The van der Waals surface area contributed by atoms with Gasteiger partial charge in [0.1, 0.15) is 17.2 Å². The summed E-state index contributed by atoms with van der Waals surface area (Å²) in [5.41, 5.74) is 6.23. The van der Waals surface area contributed by atoms with Gasteiger partial charge in [-0.3, -0.25) is 14.6 Å². The number of pyridine rings is 1. The maximum atomic E-state index is 14.4. The van der Waals surface area contributed by atoms with E-state index in [0.717, 1.165) is 46.8 Å². The van der Waals surface area contributed by atoms with E-state index in [-0.39, 0.29) is 18.4 Å². The molecule has 2 aliphatic rings. The quantitative estimate of drug-likeness (QED) is 0.213. The fraction of sp³-hybridized carbons (Fsp3) is 0.216. The van der Waals surface area contributed by atoms with Crippen molar-refractivity contribution in [2.45, 2.75) is 13.1 Å². The molecule has 9 nitrogen and oxygen atoms in total. The smallest absolute Gasteiger partial charge is 0.270 e. The number of anilines is 2. The van der Waals surface area contributed by atoms with Crippen LogP contribution >= 0.6 is 11.6 Å². The number of hydrogen-bond acceptors (Lipinski definition) is 6. The van der Waals surface area contributed by atoms with Gasteiger partial charge < -0.3 is 28.7 Å². The summed E-state index contributed by atoms with van der Waals surface area (Å²) in [7, 11) is 3.16. The van der Waals surface area contributed by atoms with E-state index in [1.54, 1.807) is 43.6 Å². The molecule has 1 fully saturated rings. The van der Waals surface area contributed by atoms with Crippen LogP contribution in [-0.4, -0.2) is 66.7 Å². The summed E-state index contributed by atoms with van der Waals surface area (Å²) in [4.78, 5) is 38.4. The molecule has 0 spiro atoms. The van der Waals surface area contributed by atoms with Gasteiger partial charge in [0.15, 0.2) is 0 Å². The highest BCUT2D eigenvalue weighted by Gasteiger charge is 2.31. The summed E-state index contributed by atoms with van der Waals surface area (Å²) in [6.45, 7) is 3.47. The van der Waals surface area contributed by atoms with E-state index in [1.807, 2.05) is 82.3 Å². The van der Waals surface area contributed by atoms with Crippen LogP contribution in [0.1, 0.15) is 32.1 Å². The van der Waals surface area contributed by atoms with E-state index in [9.17, 15) is 9.59 Å². The van der Waals surface area contributed by atoms with Crippen molar-refractivity contribution in [3.8, 4) is 22.6 Å². The number of para-hydroxylation sites is 1. The Balaban J connectivity index is 1.18. The summed E-state index contributed by atoms with van der Waals surface area (Å²) >= 11 is 6.82. The number of amides is 2. The van der Waals surface area contributed by atoms with Crippen LogP contribution in [0.25, 0.3) is 11.1 Å². The zero-order chi connectivity index (χ0) is 32.5. The van der Waals surface area contributed by atoms with Crippen LogP contribution in [0.4, 0.5) is 11.4 Å². The van der Waals surface area contributed by atoms with Gasteiger partial charge >= 0.3 is 0 Å². The van der Waals surface area contributed by atoms with Crippen molar-refractivity contribution in [2.75, 3.05) is 50.2 Å². The minimum atomic E-state index is -0.247. The van der Waals surface area contributed by atoms with Crippen molar-refractivity contribution in [3.05, 3.63) is 125 Å². The second-order valence-corrected chi connectivity index (χ2v) is 12.0. The largest absolute Gasteiger partial charge is 0.497 e. The Labute approximate surface area is 278 Å². The molecular formula is C37H34ClN5O4. The average Bonchev–Trinajstić information content (AvgIpc) is 3.44. The van der Waals surface area contributed by atoms with Gasteiger partial charge in [0.2, 0.25) is 0 Å². The van der Waals surface area contributed by atoms with E-state index >= 15 is 0 Å². The summed E-state index contributed by atoms with van der Waals surface area (Å²) in [5.74, 6) is 0.857. The van der Waals surface area contributed by atoms with Crippen molar-refractivity contribution < 1.29 is 19.1 Å². The van der Waals surface area contributed by atoms with E-state index in [0.29, 0.717) is 47.4 Å². The van der Waals surface area contributed by atoms with E-state index < -0.39 is 0 Å². The molecule has 0 N–H and O–H groups in total. The third-order valence-electron chi connectivity index (χ3n) is 8.96. The predicted molar refractivity (Wildman–Crippen MR) is 183 cm³/mol. The van der Waals surface area contributed by atoms with Crippen LogP contribution in [0.15, 0.2) is 97.3 Å². The molecule has 238 valence electrons. The maximum Gasteiger partial charge on any atom is 0.270 e. The number of methoxy groups -OCH3 is 2. The van der Waals surface area contributed by atoms with Gasteiger partial charge in [-0.15, -0.1) is 0 Å². The Morgan fingerprint density at radius 1 is 0.787 bits per heavy atom. The van der Waals surface area contributed by atoms with Crippen LogP contribution in [0.2, 0.25) is 5.02 Å². The number of piperazine rings is 1. The number of rotatable bonds is 6. The molecular weight excluding hydrogens is 614 g/mol. The highest BCUT2D eigenvalue weighted by atomic mass is 35.5. The standard InChI is InChI=1S/C37H34ClN5O4/c1-46-29-8-5-7-25(20-29)30-22-35(47-2)31(21-32(30)38)36(44)43-24-28-10-11-34(42(28)23-26-6-3-4-9-33(26)43)37(45)41-18-16-40(17-19-41)27-12-14-39-15-13-27/h3-15,20-22H,16-19,23-24H2,1-2H3. The molecule has 0 aliphatic carbocycles. The lowest BCUT2D eigenvalue weighted by Gasteiger charge is -2.36. The van der Waals surface area contributed by atoms with Crippen LogP contribution in [-0.2, 0) is 13.1 Å². The lowest BCUT2D eigenvalue weighted by atomic mass is 10.0. The topological polar surface area (TPSA) is 80.1 Å². The van der Waals surface area contributed by atoms with Crippen LogP contribution in [0, 0.1) is 0 Å². The minimum absolute atomic E-state index is 0.00975. The monoisotopic (exact) mass is 647 g/mol. The minimum Gasteiger partial charge on any atom is -0.497 e. The fourth-order valence-electron chi connectivity index (χ4n) is 6.46. The lowest BCUT2D eigenvalue weighted by molar-refractivity contribution is 0.0736. The molecule has 2 amide bonds. The SMILES string of the molecule is COc1cccc(-c2cc(OC)c(C(=O)N3Cc4ccc(C(=O)N5CCN(c6ccncc6)CC5)n4Cc4ccccc43)cc2Cl)c1. The molecule has 3 aromatic carbocycles. The Bertz CT molecular complexity index is 1950. The summed E-state index contributed by atoms with van der Waals surface area (Å²) in [5, 5.41) is 0.422. The van der Waals surface area contributed by atoms with Crippen molar-refractivity contribution in [1.29, 1.82) is 0 Å². The molecule has 0 saturated carbocycles. The molecule has 2 aromatic heterocycles. The Morgan fingerprint density at radius 2 is 1.57 bits per heavy atom. The molecule has 1 saturated heterocycles. The van der Waals surface area contributed by atoms with Gasteiger partial charge in [0, 0.05) is 66.2 Å². The van der Waals surface area contributed by atoms with Crippen molar-refractivity contribution in [3.63, 3.8) is 0 Å². The molecule has 47 heavy (non-hydrogen) atoms. The van der Waals surface area contributed by atoms with E-state index in [2.05, 4.69) is 9.88 Å². The molecule has 2 aliphatic heterocycles. The molecule has 0 unspecified atom stereocenters. The van der Waals surface area contributed by atoms with Gasteiger partial charge in [-0.2, -0.15) is 0 Å². The lowest BCUT2D eigenvalue weighted by Crippen LogP contribution is -2.49. The Morgan fingerprint density at radius 3 is 2.34 bits per heavy atom. The van der Waals surface area contributed by atoms with Crippen LogP contribution in [0.5, 0.6) is 11.5 Å². The molecule has 0 atom stereocenters. The number of benzene rings is 3. The molecule has 0 radical (unpaired) electrons. The number of hydrogen-bond donors (Lipinski definition) is 0. The number of halogens is 1. The first kappa shape index (κ1) is 30.4. The zero-order valence-corrected chi connectivity index (χ0v) is 27.0. The molecule has 10 heteroatoms. The number of carbonyl (C=O) groups is 2. The van der Waals surface area contributed by atoms with E-state index in [4.69, 9.17) is 21.1 Å². The first-order valence-corrected chi connectivity index (χ1v) is 15.9. The average molecular weight is 648 g/mol. The number of carbonyl (C=O) groups excluding carboxylic acids is 2. The highest BCUT2D eigenvalue weighted by molar-refractivity contribution is 6.34. The summed E-state index contributed by atoms with van der Waals surface area (Å²) in [6, 6.07) is 26.7. The summed E-state index contributed by atoms with van der Waals surface area (Å²) < 4.78 is 13.2. The Kier molecular flexibility index (Phi) is 8.30. The van der Waals surface area contributed by atoms with Gasteiger partial charge in [-0.05, 0) is 65.7 Å². The maximum absolute atomic E-state index is 14.4. The third kappa shape index (κ3) is 5.79. The number of nitrogens with zero attached hydrogens (tertiary/aromatic N) is 5. The normalized spacial score (nSPS) is 14.2.